The Bertz CT molecular complexity index is 810. The zero-order valence-corrected chi connectivity index (χ0v) is 12.3. The monoisotopic (exact) mass is 299 g/mol. The van der Waals surface area contributed by atoms with Gasteiger partial charge in [-0.3, -0.25) is 4.79 Å². The van der Waals surface area contributed by atoms with Crippen LogP contribution in [-0.2, 0) is 11.2 Å². The van der Waals surface area contributed by atoms with Crippen LogP contribution in [0.25, 0.3) is 5.65 Å². The van der Waals surface area contributed by atoms with Gasteiger partial charge < -0.3 is 9.72 Å². The van der Waals surface area contributed by atoms with Crippen LogP contribution in [-0.4, -0.2) is 15.3 Å². The Kier molecular flexibility index (Phi) is 3.62. The summed E-state index contributed by atoms with van der Waals surface area (Å²) in [6, 6.07) is 11.1. The first-order valence-corrected chi connectivity index (χ1v) is 6.99. The highest BCUT2D eigenvalue weighted by Crippen LogP contribution is 2.20. The number of hydrogen-bond donors (Lipinski definition) is 1. The standard InChI is InChI=1S/C16H14ClN3O/c1-11-5-4-8-20-10-12(18-16(11)20)9-15(21)19-14-7-3-2-6-13(14)17/h2-8,10H,9H2,1H3,(H,19,21). The minimum atomic E-state index is -0.135. The van der Waals surface area contributed by atoms with Gasteiger partial charge in [0.05, 0.1) is 22.8 Å². The van der Waals surface area contributed by atoms with Gasteiger partial charge in [-0.15, -0.1) is 0 Å². The highest BCUT2D eigenvalue weighted by molar-refractivity contribution is 6.33. The van der Waals surface area contributed by atoms with Gasteiger partial charge in [0.1, 0.15) is 5.65 Å². The van der Waals surface area contributed by atoms with Gasteiger partial charge in [0, 0.05) is 12.4 Å². The molecule has 1 N–H and O–H groups in total. The van der Waals surface area contributed by atoms with Crippen LogP contribution in [0, 0.1) is 6.92 Å². The average molecular weight is 300 g/mol. The number of hydrogen-bond acceptors (Lipinski definition) is 2. The minimum absolute atomic E-state index is 0.135. The van der Waals surface area contributed by atoms with Crippen molar-refractivity contribution < 1.29 is 4.79 Å². The molecular formula is C16H14ClN3O. The molecule has 2 heterocycles. The number of amides is 1. The summed E-state index contributed by atoms with van der Waals surface area (Å²) < 4.78 is 1.92. The second-order valence-corrected chi connectivity index (χ2v) is 5.27. The molecule has 0 atom stereocenters. The molecule has 5 heteroatoms. The Morgan fingerprint density at radius 2 is 2.10 bits per heavy atom. The topological polar surface area (TPSA) is 46.4 Å². The molecule has 1 amide bonds. The molecule has 3 aromatic rings. The summed E-state index contributed by atoms with van der Waals surface area (Å²) in [7, 11) is 0. The van der Waals surface area contributed by atoms with E-state index in [1.807, 2.05) is 48.0 Å². The van der Waals surface area contributed by atoms with E-state index in [0.29, 0.717) is 10.7 Å². The molecule has 0 spiro atoms. The highest BCUT2D eigenvalue weighted by atomic mass is 35.5. The van der Waals surface area contributed by atoms with Gasteiger partial charge in [-0.05, 0) is 30.7 Å². The summed E-state index contributed by atoms with van der Waals surface area (Å²) >= 11 is 6.02. The van der Waals surface area contributed by atoms with E-state index in [4.69, 9.17) is 11.6 Å². The lowest BCUT2D eigenvalue weighted by molar-refractivity contribution is -0.115. The molecule has 0 radical (unpaired) electrons. The van der Waals surface area contributed by atoms with Crippen LogP contribution in [0.5, 0.6) is 0 Å². The van der Waals surface area contributed by atoms with Crippen LogP contribution >= 0.6 is 11.6 Å². The Balaban J connectivity index is 1.77. The molecule has 4 nitrogen and oxygen atoms in total. The predicted molar refractivity (Wildman–Crippen MR) is 83.7 cm³/mol. The first-order valence-electron chi connectivity index (χ1n) is 6.61. The summed E-state index contributed by atoms with van der Waals surface area (Å²) in [5.74, 6) is -0.135. The molecule has 0 saturated carbocycles. The number of carbonyl (C=O) groups excluding carboxylic acids is 1. The number of halogens is 1. The number of rotatable bonds is 3. The van der Waals surface area contributed by atoms with Crippen LogP contribution in [0.2, 0.25) is 5.02 Å². The van der Waals surface area contributed by atoms with Crippen molar-refractivity contribution in [3.8, 4) is 0 Å². The molecule has 0 saturated heterocycles. The van der Waals surface area contributed by atoms with Crippen molar-refractivity contribution in [2.45, 2.75) is 13.3 Å². The molecule has 21 heavy (non-hydrogen) atoms. The van der Waals surface area contributed by atoms with E-state index in [2.05, 4.69) is 10.3 Å². The van der Waals surface area contributed by atoms with Crippen LogP contribution in [0.4, 0.5) is 5.69 Å². The zero-order chi connectivity index (χ0) is 14.8. The minimum Gasteiger partial charge on any atom is -0.324 e. The fraction of sp³-hybridized carbons (Fsp3) is 0.125. The zero-order valence-electron chi connectivity index (χ0n) is 11.5. The average Bonchev–Trinajstić information content (AvgIpc) is 2.85. The number of anilines is 1. The SMILES string of the molecule is Cc1cccn2cc(CC(=O)Nc3ccccc3Cl)nc12. The third kappa shape index (κ3) is 2.90. The summed E-state index contributed by atoms with van der Waals surface area (Å²) in [5, 5.41) is 3.32. The van der Waals surface area contributed by atoms with Gasteiger partial charge >= 0.3 is 0 Å². The van der Waals surface area contributed by atoms with Gasteiger partial charge in [0.2, 0.25) is 5.91 Å². The van der Waals surface area contributed by atoms with Crippen LogP contribution in [0.15, 0.2) is 48.8 Å². The largest absolute Gasteiger partial charge is 0.324 e. The number of aromatic nitrogens is 2. The first-order chi connectivity index (χ1) is 10.1. The van der Waals surface area contributed by atoms with Crippen molar-refractivity contribution in [3.05, 3.63) is 65.1 Å². The quantitative estimate of drug-likeness (QED) is 0.805. The van der Waals surface area contributed by atoms with Crippen molar-refractivity contribution in [1.82, 2.24) is 9.38 Å². The molecule has 2 aromatic heterocycles. The molecule has 0 bridgehead atoms. The van der Waals surface area contributed by atoms with E-state index < -0.39 is 0 Å². The smallest absolute Gasteiger partial charge is 0.230 e. The first kappa shape index (κ1) is 13.6. The van der Waals surface area contributed by atoms with Crippen molar-refractivity contribution >= 4 is 28.8 Å². The fourth-order valence-electron chi connectivity index (χ4n) is 2.21. The number of para-hydroxylation sites is 1. The number of imidazole rings is 1. The Labute approximate surface area is 127 Å². The molecule has 0 fully saturated rings. The lowest BCUT2D eigenvalue weighted by atomic mass is 10.3. The third-order valence-corrected chi connectivity index (χ3v) is 3.55. The summed E-state index contributed by atoms with van der Waals surface area (Å²) in [5.41, 5.74) is 3.30. The molecule has 0 unspecified atom stereocenters. The Morgan fingerprint density at radius 1 is 1.29 bits per heavy atom. The lowest BCUT2D eigenvalue weighted by Gasteiger charge is -2.05. The van der Waals surface area contributed by atoms with Crippen molar-refractivity contribution in [1.29, 1.82) is 0 Å². The summed E-state index contributed by atoms with van der Waals surface area (Å²) in [6.07, 6.45) is 4.01. The normalized spacial score (nSPS) is 10.8. The number of nitrogens with one attached hydrogen (secondary N) is 1. The number of pyridine rings is 1. The number of aryl methyl sites for hydroxylation is 1. The number of nitrogens with zero attached hydrogens (tertiary/aromatic N) is 2. The highest BCUT2D eigenvalue weighted by Gasteiger charge is 2.10. The fourth-order valence-corrected chi connectivity index (χ4v) is 2.39. The maximum absolute atomic E-state index is 12.1. The van der Waals surface area contributed by atoms with Crippen molar-refractivity contribution in [3.63, 3.8) is 0 Å². The predicted octanol–water partition coefficient (Wildman–Crippen LogP) is 3.48. The van der Waals surface area contributed by atoms with E-state index in [9.17, 15) is 4.79 Å². The second kappa shape index (κ2) is 5.58. The molecule has 3 rings (SSSR count). The van der Waals surface area contributed by atoms with Gasteiger partial charge in [0.15, 0.2) is 0 Å². The molecule has 106 valence electrons. The van der Waals surface area contributed by atoms with Gasteiger partial charge in [-0.25, -0.2) is 4.98 Å². The number of fused-ring (bicyclic) bond motifs is 1. The van der Waals surface area contributed by atoms with E-state index >= 15 is 0 Å². The van der Waals surface area contributed by atoms with E-state index in [0.717, 1.165) is 16.9 Å². The third-order valence-electron chi connectivity index (χ3n) is 3.22. The maximum Gasteiger partial charge on any atom is 0.230 e. The Hall–Kier alpha value is -2.33. The van der Waals surface area contributed by atoms with E-state index in [-0.39, 0.29) is 12.3 Å². The summed E-state index contributed by atoms with van der Waals surface area (Å²) in [6.45, 7) is 2.00. The van der Waals surface area contributed by atoms with Gasteiger partial charge in [0.25, 0.3) is 0 Å². The van der Waals surface area contributed by atoms with E-state index in [1.54, 1.807) is 12.1 Å². The van der Waals surface area contributed by atoms with Crippen molar-refractivity contribution in [2.24, 2.45) is 0 Å². The van der Waals surface area contributed by atoms with Gasteiger partial charge in [-0.1, -0.05) is 29.8 Å². The van der Waals surface area contributed by atoms with Crippen LogP contribution in [0.1, 0.15) is 11.3 Å². The van der Waals surface area contributed by atoms with Crippen LogP contribution in [0.3, 0.4) is 0 Å². The molecule has 0 aliphatic carbocycles. The number of carbonyl (C=O) groups is 1. The maximum atomic E-state index is 12.1. The molecule has 0 aliphatic rings. The molecular weight excluding hydrogens is 286 g/mol. The Morgan fingerprint density at radius 3 is 2.86 bits per heavy atom. The second-order valence-electron chi connectivity index (χ2n) is 4.86. The number of benzene rings is 1. The molecule has 0 aliphatic heterocycles. The van der Waals surface area contributed by atoms with E-state index in [1.165, 1.54) is 0 Å². The molecule has 1 aromatic carbocycles. The van der Waals surface area contributed by atoms with Crippen LogP contribution < -0.4 is 5.32 Å². The lowest BCUT2D eigenvalue weighted by Crippen LogP contribution is -2.14. The van der Waals surface area contributed by atoms with Gasteiger partial charge in [-0.2, -0.15) is 0 Å². The van der Waals surface area contributed by atoms with Crippen molar-refractivity contribution in [2.75, 3.05) is 5.32 Å². The summed E-state index contributed by atoms with van der Waals surface area (Å²) in [4.78, 5) is 16.6.